The van der Waals surface area contributed by atoms with Crippen LogP contribution in [0.5, 0.6) is 0 Å². The van der Waals surface area contributed by atoms with Crippen molar-refractivity contribution in [1.29, 1.82) is 0 Å². The molecule has 5 nitrogen and oxygen atoms in total. The molecule has 0 amide bonds. The molecule has 7 heteroatoms. The first-order valence-electron chi connectivity index (χ1n) is 3.92. The van der Waals surface area contributed by atoms with Crippen molar-refractivity contribution in [3.8, 4) is 0 Å². The Hall–Kier alpha value is 0.500. The molecule has 1 atom stereocenters. The van der Waals surface area contributed by atoms with E-state index in [4.69, 9.17) is 22.9 Å². The third kappa shape index (κ3) is 5.06. The van der Waals surface area contributed by atoms with Gasteiger partial charge in [-0.2, -0.15) is 25.3 Å². The highest BCUT2D eigenvalue weighted by atomic mass is 32.1. The van der Waals surface area contributed by atoms with Gasteiger partial charge in [0.05, 0.1) is 11.3 Å². The maximum Gasteiger partial charge on any atom is 0.0879 e. The summed E-state index contributed by atoms with van der Waals surface area (Å²) in [4.78, 5) is 0. The van der Waals surface area contributed by atoms with Gasteiger partial charge in [-0.1, -0.05) is 0 Å². The van der Waals surface area contributed by atoms with Crippen molar-refractivity contribution in [1.82, 2.24) is 5.32 Å². The molecule has 0 saturated heterocycles. The Morgan fingerprint density at radius 3 is 1.92 bits per heavy atom. The van der Waals surface area contributed by atoms with E-state index in [-0.39, 0.29) is 6.54 Å². The molecule has 0 bridgehead atoms. The minimum atomic E-state index is -0.869. The molecule has 1 unspecified atom stereocenters. The molecule has 13 heavy (non-hydrogen) atoms. The van der Waals surface area contributed by atoms with Crippen LogP contribution in [0.25, 0.3) is 0 Å². The van der Waals surface area contributed by atoms with E-state index < -0.39 is 11.3 Å². The zero-order valence-electron chi connectivity index (χ0n) is 7.53. The van der Waals surface area contributed by atoms with Gasteiger partial charge in [-0.15, -0.1) is 0 Å². The first-order valence-corrected chi connectivity index (χ1v) is 5.19. The molecule has 0 aromatic heterocycles. The predicted octanol–water partition coefficient (Wildman–Crippen LogP) is -2.34. The molecule has 0 fully saturated rings. The molecule has 0 spiro atoms. The van der Waals surface area contributed by atoms with Crippen molar-refractivity contribution in [3.05, 3.63) is 0 Å². The summed E-state index contributed by atoms with van der Waals surface area (Å²) in [7, 11) is 0. The van der Waals surface area contributed by atoms with Gasteiger partial charge in [0, 0.05) is 24.6 Å². The van der Waals surface area contributed by atoms with Crippen LogP contribution in [0.2, 0.25) is 0 Å². The quantitative estimate of drug-likeness (QED) is 0.202. The molecule has 0 radical (unpaired) electrons. The minimum absolute atomic E-state index is 0.277. The predicted molar refractivity (Wildman–Crippen MR) is 62.8 cm³/mol. The minimum Gasteiger partial charge on any atom is -0.328 e. The van der Waals surface area contributed by atoms with E-state index in [1.807, 2.05) is 0 Å². The Morgan fingerprint density at radius 1 is 1.08 bits per heavy atom. The maximum absolute atomic E-state index is 5.81. The average Bonchev–Trinajstić information content (AvgIpc) is 2.14. The summed E-state index contributed by atoms with van der Waals surface area (Å²) in [5.74, 6) is 0.791. The van der Waals surface area contributed by atoms with E-state index in [2.05, 4.69) is 30.6 Å². The van der Waals surface area contributed by atoms with E-state index in [1.54, 1.807) is 0 Å². The molecule has 0 aliphatic rings. The van der Waals surface area contributed by atoms with Crippen molar-refractivity contribution in [2.45, 2.75) is 11.3 Å². The van der Waals surface area contributed by atoms with Crippen LogP contribution in [0.1, 0.15) is 0 Å². The summed E-state index contributed by atoms with van der Waals surface area (Å²) in [6.07, 6.45) is 0. The third-order valence-electron chi connectivity index (χ3n) is 1.71. The lowest BCUT2D eigenvalue weighted by molar-refractivity contribution is 0.334. The van der Waals surface area contributed by atoms with Crippen molar-refractivity contribution in [2.24, 2.45) is 22.9 Å². The summed E-state index contributed by atoms with van der Waals surface area (Å²) in [5.41, 5.74) is 21.0. The Bertz CT molecular complexity index is 148. The normalized spacial score (nSPS) is 17.1. The van der Waals surface area contributed by atoms with Gasteiger partial charge in [0.15, 0.2) is 0 Å². The van der Waals surface area contributed by atoms with E-state index in [1.165, 1.54) is 0 Å². The molecule has 0 saturated carbocycles. The van der Waals surface area contributed by atoms with Gasteiger partial charge < -0.3 is 22.9 Å². The van der Waals surface area contributed by atoms with Crippen molar-refractivity contribution >= 4 is 25.3 Å². The van der Waals surface area contributed by atoms with E-state index >= 15 is 0 Å². The molecular formula is C6H19N5S2. The largest absolute Gasteiger partial charge is 0.328 e. The highest BCUT2D eigenvalue weighted by Crippen LogP contribution is 1.99. The summed E-state index contributed by atoms with van der Waals surface area (Å²) in [6, 6.07) is 0. The summed E-state index contributed by atoms with van der Waals surface area (Å²) in [5, 5.41) is 2.96. The topological polar surface area (TPSA) is 116 Å². The smallest absolute Gasteiger partial charge is 0.0879 e. The number of nitrogens with one attached hydrogen (secondary N) is 1. The lowest BCUT2D eigenvalue weighted by atomic mass is 10.1. The first kappa shape index (κ1) is 13.5. The van der Waals surface area contributed by atoms with Crippen molar-refractivity contribution < 1.29 is 0 Å². The van der Waals surface area contributed by atoms with Gasteiger partial charge >= 0.3 is 0 Å². The van der Waals surface area contributed by atoms with Gasteiger partial charge in [0.1, 0.15) is 0 Å². The summed E-state index contributed by atoms with van der Waals surface area (Å²) in [6.45, 7) is 0.629. The molecule has 0 aromatic carbocycles. The standard InChI is InChI=1S/C6H19N5S2/c7-1-6(10,4-13)11-2-5(8,9)3-12/h11-13H,1-4,7-10H2. The SMILES string of the molecule is NCC(N)(CS)NCC(N)(N)CS. The molecule has 9 N–H and O–H groups in total. The maximum atomic E-state index is 5.81. The van der Waals surface area contributed by atoms with Crippen LogP contribution in [0.3, 0.4) is 0 Å². The van der Waals surface area contributed by atoms with Crippen LogP contribution >= 0.6 is 25.3 Å². The third-order valence-corrected chi connectivity index (χ3v) is 2.86. The molecular weight excluding hydrogens is 206 g/mol. The van der Waals surface area contributed by atoms with E-state index in [0.29, 0.717) is 18.1 Å². The fraction of sp³-hybridized carbons (Fsp3) is 1.00. The van der Waals surface area contributed by atoms with Crippen LogP contribution < -0.4 is 28.3 Å². The molecule has 80 valence electrons. The molecule has 0 rings (SSSR count). The van der Waals surface area contributed by atoms with Gasteiger partial charge in [0.2, 0.25) is 0 Å². The molecule has 0 aliphatic heterocycles. The number of rotatable bonds is 6. The summed E-state index contributed by atoms with van der Waals surface area (Å²) < 4.78 is 0. The van der Waals surface area contributed by atoms with Crippen LogP contribution in [-0.4, -0.2) is 35.9 Å². The van der Waals surface area contributed by atoms with Crippen molar-refractivity contribution in [3.63, 3.8) is 0 Å². The van der Waals surface area contributed by atoms with Crippen LogP contribution in [0.4, 0.5) is 0 Å². The Labute approximate surface area is 89.8 Å². The van der Waals surface area contributed by atoms with Gasteiger partial charge in [-0.3, -0.25) is 5.32 Å². The van der Waals surface area contributed by atoms with Crippen LogP contribution in [-0.2, 0) is 0 Å². The van der Waals surface area contributed by atoms with Gasteiger partial charge in [0.25, 0.3) is 0 Å². The highest BCUT2D eigenvalue weighted by molar-refractivity contribution is 7.80. The lowest BCUT2D eigenvalue weighted by Crippen LogP contribution is -2.67. The molecule has 0 aliphatic carbocycles. The van der Waals surface area contributed by atoms with E-state index in [9.17, 15) is 0 Å². The zero-order chi connectivity index (χ0) is 10.5. The second-order valence-corrected chi connectivity index (χ2v) is 3.90. The first-order chi connectivity index (χ1) is 5.89. The van der Waals surface area contributed by atoms with Crippen molar-refractivity contribution in [2.75, 3.05) is 24.6 Å². The van der Waals surface area contributed by atoms with Crippen LogP contribution in [0, 0.1) is 0 Å². The number of thiol groups is 2. The highest BCUT2D eigenvalue weighted by Gasteiger charge is 2.25. The number of nitrogens with two attached hydrogens (primary N) is 4. The molecule has 0 heterocycles. The fourth-order valence-corrected chi connectivity index (χ4v) is 0.942. The Morgan fingerprint density at radius 2 is 1.62 bits per heavy atom. The van der Waals surface area contributed by atoms with Gasteiger partial charge in [-0.25, -0.2) is 0 Å². The number of hydrogen-bond donors (Lipinski definition) is 7. The second-order valence-electron chi connectivity index (χ2n) is 3.26. The zero-order valence-corrected chi connectivity index (χ0v) is 9.32. The van der Waals surface area contributed by atoms with E-state index in [0.717, 1.165) is 0 Å². The second kappa shape index (κ2) is 5.40. The average molecular weight is 225 g/mol. The van der Waals surface area contributed by atoms with Gasteiger partial charge in [-0.05, 0) is 0 Å². The number of hydrogen-bond acceptors (Lipinski definition) is 7. The Balaban J connectivity index is 3.99. The Kier molecular flexibility index (Phi) is 5.61. The lowest BCUT2D eigenvalue weighted by Gasteiger charge is -2.32. The monoisotopic (exact) mass is 225 g/mol. The fourth-order valence-electron chi connectivity index (χ4n) is 0.589. The molecule has 0 aromatic rings. The summed E-state index contributed by atoms with van der Waals surface area (Å²) >= 11 is 8.08. The van der Waals surface area contributed by atoms with Crippen LogP contribution in [0.15, 0.2) is 0 Å².